The van der Waals surface area contributed by atoms with E-state index in [1.165, 1.54) is 0 Å². The molecule has 0 bridgehead atoms. The van der Waals surface area contributed by atoms with Gasteiger partial charge < -0.3 is 10.1 Å². The summed E-state index contributed by atoms with van der Waals surface area (Å²) in [4.78, 5) is 12.7. The second-order valence-electron chi connectivity index (χ2n) is 3.69. The highest BCUT2D eigenvalue weighted by Crippen LogP contribution is 2.12. The zero-order valence-electron chi connectivity index (χ0n) is 8.57. The Hall–Kier alpha value is -0.870. The third-order valence-electron chi connectivity index (χ3n) is 2.53. The molecule has 15 heavy (non-hydrogen) atoms. The summed E-state index contributed by atoms with van der Waals surface area (Å²) in [6.45, 7) is 1.34. The van der Waals surface area contributed by atoms with Crippen LogP contribution >= 0.6 is 11.3 Å². The number of thiophene rings is 1. The quantitative estimate of drug-likeness (QED) is 0.799. The molecule has 1 aliphatic rings. The van der Waals surface area contributed by atoms with Crippen LogP contribution in [0.5, 0.6) is 0 Å². The van der Waals surface area contributed by atoms with Crippen LogP contribution in [0.4, 0.5) is 0 Å². The van der Waals surface area contributed by atoms with Gasteiger partial charge in [0.05, 0.1) is 0 Å². The lowest BCUT2D eigenvalue weighted by Crippen LogP contribution is -2.41. The SMILES string of the molecule is O=C(OCc1cccs1)[C@@H]1CCCCN1. The maximum atomic E-state index is 11.6. The number of esters is 1. The minimum Gasteiger partial charge on any atom is -0.459 e. The maximum Gasteiger partial charge on any atom is 0.323 e. The molecule has 82 valence electrons. The van der Waals surface area contributed by atoms with Gasteiger partial charge in [-0.3, -0.25) is 4.79 Å². The molecule has 1 fully saturated rings. The number of ether oxygens (including phenoxy) is 1. The van der Waals surface area contributed by atoms with Gasteiger partial charge in [-0.05, 0) is 30.8 Å². The molecule has 1 saturated heterocycles. The third kappa shape index (κ3) is 3.04. The molecule has 1 N–H and O–H groups in total. The predicted molar refractivity (Wildman–Crippen MR) is 59.8 cm³/mol. The maximum absolute atomic E-state index is 11.6. The van der Waals surface area contributed by atoms with E-state index in [-0.39, 0.29) is 12.0 Å². The molecule has 0 unspecified atom stereocenters. The normalized spacial score (nSPS) is 21.2. The van der Waals surface area contributed by atoms with Crippen LogP contribution in [-0.4, -0.2) is 18.6 Å². The average Bonchev–Trinajstić information content (AvgIpc) is 2.80. The second-order valence-corrected chi connectivity index (χ2v) is 4.72. The fourth-order valence-corrected chi connectivity index (χ4v) is 2.31. The molecule has 1 aliphatic heterocycles. The largest absolute Gasteiger partial charge is 0.459 e. The Bertz CT molecular complexity index is 304. The Morgan fingerprint density at radius 3 is 3.20 bits per heavy atom. The minimum absolute atomic E-state index is 0.0845. The van der Waals surface area contributed by atoms with Crippen molar-refractivity contribution in [2.45, 2.75) is 31.9 Å². The van der Waals surface area contributed by atoms with Gasteiger partial charge in [0.15, 0.2) is 0 Å². The van der Waals surface area contributed by atoms with Crippen molar-refractivity contribution in [2.75, 3.05) is 6.54 Å². The van der Waals surface area contributed by atoms with Crippen LogP contribution in [0.2, 0.25) is 0 Å². The first-order chi connectivity index (χ1) is 7.36. The van der Waals surface area contributed by atoms with Gasteiger partial charge in [-0.25, -0.2) is 0 Å². The molecule has 1 aromatic heterocycles. The topological polar surface area (TPSA) is 38.3 Å². The molecular weight excluding hydrogens is 210 g/mol. The summed E-state index contributed by atoms with van der Waals surface area (Å²) in [5.74, 6) is -0.108. The zero-order chi connectivity index (χ0) is 10.5. The van der Waals surface area contributed by atoms with E-state index < -0.39 is 0 Å². The smallest absolute Gasteiger partial charge is 0.323 e. The highest BCUT2D eigenvalue weighted by molar-refractivity contribution is 7.09. The van der Waals surface area contributed by atoms with Gasteiger partial charge in [0.2, 0.25) is 0 Å². The number of hydrogen-bond acceptors (Lipinski definition) is 4. The van der Waals surface area contributed by atoms with Gasteiger partial charge in [0, 0.05) is 4.88 Å². The van der Waals surface area contributed by atoms with Gasteiger partial charge in [-0.15, -0.1) is 11.3 Å². The van der Waals surface area contributed by atoms with Gasteiger partial charge in [0.25, 0.3) is 0 Å². The first kappa shape index (κ1) is 10.6. The fourth-order valence-electron chi connectivity index (χ4n) is 1.69. The van der Waals surface area contributed by atoms with E-state index in [0.717, 1.165) is 30.7 Å². The van der Waals surface area contributed by atoms with Gasteiger partial charge in [0.1, 0.15) is 12.6 Å². The number of nitrogens with one attached hydrogen (secondary N) is 1. The van der Waals surface area contributed by atoms with Crippen LogP contribution in [-0.2, 0) is 16.1 Å². The van der Waals surface area contributed by atoms with Crippen LogP contribution in [0.15, 0.2) is 17.5 Å². The first-order valence-electron chi connectivity index (χ1n) is 5.28. The van der Waals surface area contributed by atoms with E-state index in [2.05, 4.69) is 5.32 Å². The summed E-state index contributed by atoms with van der Waals surface area (Å²) in [7, 11) is 0. The second kappa shape index (κ2) is 5.28. The van der Waals surface area contributed by atoms with Crippen LogP contribution in [0.3, 0.4) is 0 Å². The number of piperidine rings is 1. The minimum atomic E-state index is -0.108. The summed E-state index contributed by atoms with van der Waals surface area (Å²) >= 11 is 1.61. The van der Waals surface area contributed by atoms with Crippen molar-refractivity contribution in [3.05, 3.63) is 22.4 Å². The highest BCUT2D eigenvalue weighted by Gasteiger charge is 2.21. The Morgan fingerprint density at radius 2 is 2.53 bits per heavy atom. The fraction of sp³-hybridized carbons (Fsp3) is 0.545. The molecule has 0 aliphatic carbocycles. The van der Waals surface area contributed by atoms with Crippen LogP contribution in [0.1, 0.15) is 24.1 Å². The Morgan fingerprint density at radius 1 is 1.60 bits per heavy atom. The van der Waals surface area contributed by atoms with Gasteiger partial charge in [-0.2, -0.15) is 0 Å². The van der Waals surface area contributed by atoms with Crippen molar-refractivity contribution in [2.24, 2.45) is 0 Å². The summed E-state index contributed by atoms with van der Waals surface area (Å²) in [6.07, 6.45) is 3.18. The van der Waals surface area contributed by atoms with E-state index in [1.54, 1.807) is 11.3 Å². The van der Waals surface area contributed by atoms with Crippen molar-refractivity contribution >= 4 is 17.3 Å². The molecule has 0 saturated carbocycles. The van der Waals surface area contributed by atoms with Crippen molar-refractivity contribution < 1.29 is 9.53 Å². The van der Waals surface area contributed by atoms with Gasteiger partial charge >= 0.3 is 5.97 Å². The van der Waals surface area contributed by atoms with Crippen molar-refractivity contribution in [1.82, 2.24) is 5.32 Å². The van der Waals surface area contributed by atoms with Crippen molar-refractivity contribution in [3.8, 4) is 0 Å². The van der Waals surface area contributed by atoms with Crippen molar-refractivity contribution in [1.29, 1.82) is 0 Å². The zero-order valence-corrected chi connectivity index (χ0v) is 9.39. The standard InChI is InChI=1S/C11H15NO2S/c13-11(10-5-1-2-6-12-10)14-8-9-4-3-7-15-9/h3-4,7,10,12H,1-2,5-6,8H2/t10-/m0/s1. The molecule has 0 radical (unpaired) electrons. The van der Waals surface area contributed by atoms with E-state index in [9.17, 15) is 4.79 Å². The number of carbonyl (C=O) groups is 1. The molecular formula is C11H15NO2S. The van der Waals surface area contributed by atoms with E-state index in [4.69, 9.17) is 4.74 Å². The summed E-state index contributed by atoms with van der Waals surface area (Å²) in [6, 6.07) is 3.86. The number of hydrogen-bond donors (Lipinski definition) is 1. The molecule has 3 nitrogen and oxygen atoms in total. The molecule has 1 atom stereocenters. The predicted octanol–water partition coefficient (Wildman–Crippen LogP) is 1.93. The molecule has 0 spiro atoms. The third-order valence-corrected chi connectivity index (χ3v) is 3.38. The van der Waals surface area contributed by atoms with Crippen LogP contribution in [0.25, 0.3) is 0 Å². The number of rotatable bonds is 3. The molecule has 4 heteroatoms. The Balaban J connectivity index is 1.76. The van der Waals surface area contributed by atoms with Crippen LogP contribution < -0.4 is 5.32 Å². The molecule has 2 rings (SSSR count). The Labute approximate surface area is 93.4 Å². The lowest BCUT2D eigenvalue weighted by molar-refractivity contribution is -0.148. The van der Waals surface area contributed by atoms with Crippen LogP contribution in [0, 0.1) is 0 Å². The average molecular weight is 225 g/mol. The highest BCUT2D eigenvalue weighted by atomic mass is 32.1. The summed E-state index contributed by atoms with van der Waals surface area (Å²) in [5, 5.41) is 5.17. The van der Waals surface area contributed by atoms with Gasteiger partial charge in [-0.1, -0.05) is 12.5 Å². The molecule has 0 amide bonds. The van der Waals surface area contributed by atoms with E-state index >= 15 is 0 Å². The molecule has 1 aromatic rings. The van der Waals surface area contributed by atoms with Crippen molar-refractivity contribution in [3.63, 3.8) is 0 Å². The molecule has 2 heterocycles. The number of carbonyl (C=O) groups excluding carboxylic acids is 1. The Kier molecular flexibility index (Phi) is 3.75. The monoisotopic (exact) mass is 225 g/mol. The molecule has 0 aromatic carbocycles. The lowest BCUT2D eigenvalue weighted by Gasteiger charge is -2.21. The first-order valence-corrected chi connectivity index (χ1v) is 6.16. The van der Waals surface area contributed by atoms with E-state index in [0.29, 0.717) is 6.61 Å². The van der Waals surface area contributed by atoms with E-state index in [1.807, 2.05) is 17.5 Å². The summed E-state index contributed by atoms with van der Waals surface area (Å²) < 4.78 is 5.23. The lowest BCUT2D eigenvalue weighted by atomic mass is 10.1. The summed E-state index contributed by atoms with van der Waals surface area (Å²) in [5.41, 5.74) is 0.